The van der Waals surface area contributed by atoms with Crippen molar-refractivity contribution >= 4 is 11.5 Å². The summed E-state index contributed by atoms with van der Waals surface area (Å²) in [5.41, 5.74) is 4.75. The molecular formula is C21H27N3O2. The van der Waals surface area contributed by atoms with Crippen molar-refractivity contribution in [3.8, 4) is 0 Å². The van der Waals surface area contributed by atoms with E-state index < -0.39 is 5.97 Å². The van der Waals surface area contributed by atoms with Crippen LogP contribution in [0.25, 0.3) is 5.57 Å². The maximum Gasteiger partial charge on any atom is 0.307 e. The standard InChI is InChI=1S/C21H27N3O2/c1-16-7-3-4-9-18(16)19(20-11-12-22-23(20)2)10-6-14-24-13-5-8-17(15-24)21(25)26/h3-4,7,9-12,17H,5-6,8,13-15H2,1-2H3,(H,25,26). The maximum atomic E-state index is 11.2. The molecule has 5 nitrogen and oxygen atoms in total. The molecule has 0 radical (unpaired) electrons. The van der Waals surface area contributed by atoms with Crippen LogP contribution in [-0.2, 0) is 11.8 Å². The zero-order chi connectivity index (χ0) is 18.5. The van der Waals surface area contributed by atoms with Gasteiger partial charge in [0.15, 0.2) is 0 Å². The molecule has 1 aromatic heterocycles. The van der Waals surface area contributed by atoms with Crippen molar-refractivity contribution in [2.75, 3.05) is 19.6 Å². The molecule has 1 aliphatic rings. The molecule has 138 valence electrons. The molecule has 2 heterocycles. The molecule has 0 aliphatic carbocycles. The zero-order valence-electron chi connectivity index (χ0n) is 15.6. The van der Waals surface area contributed by atoms with Gasteiger partial charge in [0.1, 0.15) is 0 Å². The summed E-state index contributed by atoms with van der Waals surface area (Å²) in [6.45, 7) is 4.66. The van der Waals surface area contributed by atoms with Crippen LogP contribution in [-0.4, -0.2) is 45.4 Å². The van der Waals surface area contributed by atoms with Crippen LogP contribution in [0.15, 0.2) is 42.6 Å². The van der Waals surface area contributed by atoms with Crippen LogP contribution in [0.4, 0.5) is 0 Å². The number of aliphatic carboxylic acids is 1. The zero-order valence-corrected chi connectivity index (χ0v) is 15.6. The smallest absolute Gasteiger partial charge is 0.307 e. The van der Waals surface area contributed by atoms with Gasteiger partial charge in [-0.3, -0.25) is 9.48 Å². The van der Waals surface area contributed by atoms with E-state index >= 15 is 0 Å². The highest BCUT2D eigenvalue weighted by Crippen LogP contribution is 2.26. The van der Waals surface area contributed by atoms with E-state index in [4.69, 9.17) is 0 Å². The minimum Gasteiger partial charge on any atom is -0.481 e. The third-order valence-corrected chi connectivity index (χ3v) is 5.18. The molecule has 0 spiro atoms. The lowest BCUT2D eigenvalue weighted by Crippen LogP contribution is -2.39. The number of piperidine rings is 1. The summed E-state index contributed by atoms with van der Waals surface area (Å²) in [6.07, 6.45) is 6.74. The monoisotopic (exact) mass is 353 g/mol. The van der Waals surface area contributed by atoms with Crippen LogP contribution in [0.5, 0.6) is 0 Å². The lowest BCUT2D eigenvalue weighted by Gasteiger charge is -2.30. The summed E-state index contributed by atoms with van der Waals surface area (Å²) >= 11 is 0. The number of carboxylic acid groups (broad SMARTS) is 1. The number of likely N-dealkylation sites (tertiary alicyclic amines) is 1. The molecular weight excluding hydrogens is 326 g/mol. The molecule has 1 N–H and O–H groups in total. The van der Waals surface area contributed by atoms with Crippen molar-refractivity contribution in [1.29, 1.82) is 0 Å². The van der Waals surface area contributed by atoms with Crippen LogP contribution in [0.3, 0.4) is 0 Å². The van der Waals surface area contributed by atoms with E-state index in [1.165, 1.54) is 16.7 Å². The van der Waals surface area contributed by atoms with Crippen LogP contribution < -0.4 is 0 Å². The Bertz CT molecular complexity index is 794. The van der Waals surface area contributed by atoms with Gasteiger partial charge in [-0.05, 0) is 49.9 Å². The quantitative estimate of drug-likeness (QED) is 0.865. The molecule has 3 rings (SSSR count). The number of rotatable bonds is 6. The fourth-order valence-corrected chi connectivity index (χ4v) is 3.72. The SMILES string of the molecule is Cc1ccccc1C(=CCCN1CCCC(C(=O)O)C1)c1ccnn1C. The average Bonchev–Trinajstić information content (AvgIpc) is 3.06. The Kier molecular flexibility index (Phi) is 5.89. The molecule has 26 heavy (non-hydrogen) atoms. The molecule has 1 fully saturated rings. The van der Waals surface area contributed by atoms with E-state index in [9.17, 15) is 9.90 Å². The molecule has 1 atom stereocenters. The Morgan fingerprint density at radius 3 is 2.85 bits per heavy atom. The van der Waals surface area contributed by atoms with Gasteiger partial charge in [0.25, 0.3) is 0 Å². The largest absolute Gasteiger partial charge is 0.481 e. The highest BCUT2D eigenvalue weighted by molar-refractivity contribution is 5.79. The van der Waals surface area contributed by atoms with Gasteiger partial charge in [-0.15, -0.1) is 0 Å². The third kappa shape index (κ3) is 4.22. The Morgan fingerprint density at radius 2 is 2.15 bits per heavy atom. The highest BCUT2D eigenvalue weighted by Gasteiger charge is 2.24. The Balaban J connectivity index is 1.77. The van der Waals surface area contributed by atoms with Gasteiger partial charge >= 0.3 is 5.97 Å². The predicted octanol–water partition coefficient (Wildman–Crippen LogP) is 3.35. The first kappa shape index (κ1) is 18.4. The van der Waals surface area contributed by atoms with Crippen LogP contribution in [0, 0.1) is 12.8 Å². The molecule has 2 aromatic rings. The molecule has 5 heteroatoms. The number of hydrogen-bond acceptors (Lipinski definition) is 3. The van der Waals surface area contributed by atoms with Crippen LogP contribution in [0.2, 0.25) is 0 Å². The second-order valence-electron chi connectivity index (χ2n) is 7.04. The highest BCUT2D eigenvalue weighted by atomic mass is 16.4. The summed E-state index contributed by atoms with van der Waals surface area (Å²) in [5.74, 6) is -0.888. The molecule has 1 saturated heterocycles. The molecule has 1 unspecified atom stereocenters. The lowest BCUT2D eigenvalue weighted by atomic mass is 9.96. The second-order valence-corrected chi connectivity index (χ2v) is 7.04. The first-order valence-electron chi connectivity index (χ1n) is 9.26. The van der Waals surface area contributed by atoms with Crippen LogP contribution in [0.1, 0.15) is 36.1 Å². The lowest BCUT2D eigenvalue weighted by molar-refractivity contribution is -0.143. The van der Waals surface area contributed by atoms with E-state index in [0.717, 1.165) is 38.0 Å². The first-order chi connectivity index (χ1) is 12.6. The maximum absolute atomic E-state index is 11.2. The number of nitrogens with zero attached hydrogens (tertiary/aromatic N) is 3. The van der Waals surface area contributed by atoms with Gasteiger partial charge in [-0.2, -0.15) is 5.10 Å². The topological polar surface area (TPSA) is 58.4 Å². The first-order valence-corrected chi connectivity index (χ1v) is 9.26. The van der Waals surface area contributed by atoms with E-state index in [0.29, 0.717) is 6.54 Å². The van der Waals surface area contributed by atoms with E-state index in [1.807, 2.05) is 24.0 Å². The van der Waals surface area contributed by atoms with Crippen molar-refractivity contribution in [3.05, 3.63) is 59.4 Å². The normalized spacial score (nSPS) is 18.8. The van der Waals surface area contributed by atoms with Gasteiger partial charge in [0.05, 0.1) is 11.6 Å². The fraction of sp³-hybridized carbons (Fsp3) is 0.429. The van der Waals surface area contributed by atoms with Gasteiger partial charge < -0.3 is 10.0 Å². The van der Waals surface area contributed by atoms with Crippen molar-refractivity contribution in [2.24, 2.45) is 13.0 Å². The van der Waals surface area contributed by atoms with Gasteiger partial charge in [-0.1, -0.05) is 30.3 Å². The van der Waals surface area contributed by atoms with Crippen molar-refractivity contribution in [2.45, 2.75) is 26.2 Å². The van der Waals surface area contributed by atoms with Gasteiger partial charge in [-0.25, -0.2) is 0 Å². The Hall–Kier alpha value is -2.40. The number of carboxylic acids is 1. The second kappa shape index (κ2) is 8.32. The van der Waals surface area contributed by atoms with Crippen LogP contribution >= 0.6 is 0 Å². The summed E-state index contributed by atoms with van der Waals surface area (Å²) < 4.78 is 1.90. The minimum atomic E-state index is -0.666. The Morgan fingerprint density at radius 1 is 1.35 bits per heavy atom. The predicted molar refractivity (Wildman–Crippen MR) is 103 cm³/mol. The number of hydrogen-bond donors (Lipinski definition) is 1. The summed E-state index contributed by atoms with van der Waals surface area (Å²) in [6, 6.07) is 10.4. The van der Waals surface area contributed by atoms with E-state index in [2.05, 4.69) is 47.3 Å². The van der Waals surface area contributed by atoms with E-state index in [-0.39, 0.29) is 5.92 Å². The summed E-state index contributed by atoms with van der Waals surface area (Å²) in [5, 5.41) is 13.6. The van der Waals surface area contributed by atoms with Gasteiger partial charge in [0, 0.05) is 31.9 Å². The number of benzene rings is 1. The average molecular weight is 353 g/mol. The molecule has 0 saturated carbocycles. The molecule has 0 amide bonds. The number of carbonyl (C=O) groups is 1. The molecule has 0 bridgehead atoms. The number of aryl methyl sites for hydroxylation is 2. The molecule has 1 aliphatic heterocycles. The van der Waals surface area contributed by atoms with Gasteiger partial charge in [0.2, 0.25) is 0 Å². The van der Waals surface area contributed by atoms with Crippen molar-refractivity contribution in [3.63, 3.8) is 0 Å². The summed E-state index contributed by atoms with van der Waals surface area (Å²) in [4.78, 5) is 13.5. The molecule has 1 aromatic carbocycles. The Labute approximate surface area is 154 Å². The third-order valence-electron chi connectivity index (χ3n) is 5.18. The van der Waals surface area contributed by atoms with E-state index in [1.54, 1.807) is 0 Å². The minimum absolute atomic E-state index is 0.222. The fourth-order valence-electron chi connectivity index (χ4n) is 3.72. The van der Waals surface area contributed by atoms with Crippen molar-refractivity contribution in [1.82, 2.24) is 14.7 Å². The summed E-state index contributed by atoms with van der Waals surface area (Å²) in [7, 11) is 1.96. The number of aromatic nitrogens is 2. The van der Waals surface area contributed by atoms with Crippen molar-refractivity contribution < 1.29 is 9.90 Å².